The van der Waals surface area contributed by atoms with Gasteiger partial charge in [0.25, 0.3) is 7.11 Å². The van der Waals surface area contributed by atoms with Crippen LogP contribution in [-0.2, 0) is 0 Å². The summed E-state index contributed by atoms with van der Waals surface area (Å²) in [5.74, 6) is 1.67. The molecule has 0 bridgehead atoms. The Morgan fingerprint density at radius 1 is 0.704 bits per heavy atom. The molecule has 0 unspecified atom stereocenters. The number of hydrogen-bond donors (Lipinski definition) is 0. The van der Waals surface area contributed by atoms with E-state index in [4.69, 9.17) is 13.9 Å². The third-order valence-corrected chi connectivity index (χ3v) is 7.07. The average molecular weight is 394 g/mol. The molecule has 0 saturated carbocycles. The second-order valence-electron chi connectivity index (χ2n) is 6.28. The van der Waals surface area contributed by atoms with E-state index in [9.17, 15) is 0 Å². The lowest BCUT2D eigenvalue weighted by molar-refractivity contribution is 0.415. The number of methoxy groups -OCH3 is 2. The van der Waals surface area contributed by atoms with Crippen LogP contribution in [0.5, 0.6) is 11.5 Å². The molecule has 2 heterocycles. The first-order valence-electron chi connectivity index (χ1n) is 8.54. The van der Waals surface area contributed by atoms with E-state index in [1.165, 1.54) is 30.3 Å². The van der Waals surface area contributed by atoms with Crippen LogP contribution in [0, 0.1) is 0 Å². The van der Waals surface area contributed by atoms with Gasteiger partial charge in [-0.3, -0.25) is 4.42 Å². The van der Waals surface area contributed by atoms with Crippen LogP contribution in [0.2, 0.25) is 0 Å². The molecule has 0 atom stereocenters. The Balaban J connectivity index is 2.18. The number of fused-ring (bicyclic) bond motifs is 4. The van der Waals surface area contributed by atoms with Gasteiger partial charge >= 0.3 is 5.43 Å². The first-order chi connectivity index (χ1) is 13.2. The van der Waals surface area contributed by atoms with Crippen molar-refractivity contribution in [3.8, 4) is 11.5 Å². The number of benzene rings is 3. The van der Waals surface area contributed by atoms with Crippen molar-refractivity contribution in [2.24, 2.45) is 0 Å². The fourth-order valence-corrected chi connectivity index (χ4v) is 6.08. The lowest BCUT2D eigenvalue weighted by Gasteiger charge is -2.12. The molecule has 3 nitrogen and oxygen atoms in total. The maximum Gasteiger partial charge on any atom is 0.356 e. The van der Waals surface area contributed by atoms with Crippen molar-refractivity contribution in [1.29, 1.82) is 0 Å². The second kappa shape index (κ2) is 6.22. The summed E-state index contributed by atoms with van der Waals surface area (Å²) in [5.41, 5.74) is 0.834. The van der Waals surface area contributed by atoms with Crippen LogP contribution in [-0.4, -0.2) is 21.3 Å². The lowest BCUT2D eigenvalue weighted by atomic mass is 10.0. The van der Waals surface area contributed by atoms with Crippen LogP contribution in [0.4, 0.5) is 0 Å². The molecule has 0 radical (unpaired) electrons. The van der Waals surface area contributed by atoms with Gasteiger partial charge in [-0.2, -0.15) is 0 Å². The van der Waals surface area contributed by atoms with Gasteiger partial charge in [0.2, 0.25) is 0 Å². The molecule has 3 aromatic carbocycles. The van der Waals surface area contributed by atoms with Gasteiger partial charge < -0.3 is 9.47 Å². The van der Waals surface area contributed by atoms with Crippen molar-refractivity contribution in [3.63, 3.8) is 0 Å². The SMILES string of the molecule is COc1cc(=[O+]C)c2c(c1)sc1cc(OC)cc3sc4ccccc4c2c31. The minimum atomic E-state index is 0.795. The van der Waals surface area contributed by atoms with Crippen LogP contribution in [0.15, 0.2) is 53.0 Å². The molecule has 0 N–H and O–H groups in total. The van der Waals surface area contributed by atoms with Crippen LogP contribution >= 0.6 is 22.7 Å². The fourth-order valence-electron chi connectivity index (χ4n) is 3.66. The molecule has 5 aromatic rings. The average Bonchev–Trinajstić information content (AvgIpc) is 2.71. The summed E-state index contributed by atoms with van der Waals surface area (Å²) in [6, 6.07) is 16.8. The summed E-state index contributed by atoms with van der Waals surface area (Å²) in [6.45, 7) is 0. The fraction of sp³-hybridized carbons (Fsp3) is 0.136. The predicted octanol–water partition coefficient (Wildman–Crippen LogP) is 5.97. The zero-order valence-corrected chi connectivity index (χ0v) is 16.8. The van der Waals surface area contributed by atoms with E-state index in [-0.39, 0.29) is 0 Å². The Bertz CT molecular complexity index is 1410. The standard InChI is InChI=1S/C22H17O3S2/c1-23-12-8-15(25-3)21-17(9-12)27-19-11-13(24-2)10-18-22(19)20(21)14-6-4-5-7-16(14)26-18/h4-11H,1-3H3/q+1. The van der Waals surface area contributed by atoms with Crippen molar-refractivity contribution in [1.82, 2.24) is 0 Å². The van der Waals surface area contributed by atoms with Crippen molar-refractivity contribution in [2.45, 2.75) is 0 Å². The van der Waals surface area contributed by atoms with Gasteiger partial charge in [-0.15, -0.1) is 22.7 Å². The molecule has 0 fully saturated rings. The summed E-state index contributed by atoms with van der Waals surface area (Å²) in [5, 5.41) is 4.87. The summed E-state index contributed by atoms with van der Waals surface area (Å²) < 4.78 is 21.6. The largest absolute Gasteiger partial charge is 0.497 e. The van der Waals surface area contributed by atoms with E-state index < -0.39 is 0 Å². The molecule has 27 heavy (non-hydrogen) atoms. The van der Waals surface area contributed by atoms with Gasteiger partial charge in [0, 0.05) is 35.0 Å². The number of ether oxygens (including phenoxy) is 2. The Hall–Kier alpha value is -2.63. The molecular formula is C22H17O3S2+. The van der Waals surface area contributed by atoms with E-state index >= 15 is 0 Å². The first-order valence-corrected chi connectivity index (χ1v) is 10.2. The molecule has 134 valence electrons. The molecule has 0 aliphatic carbocycles. The van der Waals surface area contributed by atoms with E-state index in [0.717, 1.165) is 27.0 Å². The molecule has 0 aliphatic heterocycles. The Morgan fingerprint density at radius 3 is 1.96 bits per heavy atom. The summed E-state index contributed by atoms with van der Waals surface area (Å²) >= 11 is 3.53. The maximum absolute atomic E-state index is 5.78. The highest BCUT2D eigenvalue weighted by molar-refractivity contribution is 7.28. The molecule has 0 spiro atoms. The molecule has 0 saturated heterocycles. The summed E-state index contributed by atoms with van der Waals surface area (Å²) in [4.78, 5) is 0. The molecule has 0 amide bonds. The van der Waals surface area contributed by atoms with Gasteiger partial charge in [-0.1, -0.05) is 18.2 Å². The third kappa shape index (κ3) is 2.42. The Morgan fingerprint density at radius 2 is 1.30 bits per heavy atom. The van der Waals surface area contributed by atoms with E-state index in [2.05, 4.69) is 42.5 Å². The first kappa shape index (κ1) is 16.5. The smallest absolute Gasteiger partial charge is 0.356 e. The van der Waals surface area contributed by atoms with Crippen molar-refractivity contribution in [2.75, 3.05) is 21.3 Å². The Kier molecular flexibility index (Phi) is 3.81. The minimum absolute atomic E-state index is 0.795. The summed E-state index contributed by atoms with van der Waals surface area (Å²) in [6.07, 6.45) is 0. The second-order valence-corrected chi connectivity index (χ2v) is 8.44. The number of rotatable bonds is 2. The van der Waals surface area contributed by atoms with Crippen LogP contribution in [0.1, 0.15) is 0 Å². The lowest BCUT2D eigenvalue weighted by Crippen LogP contribution is -2.04. The third-order valence-electron chi connectivity index (χ3n) is 4.87. The molecule has 2 aromatic heterocycles. The molecule has 5 rings (SSSR count). The summed E-state index contributed by atoms with van der Waals surface area (Å²) in [7, 11) is 5.12. The van der Waals surface area contributed by atoms with E-state index in [1.807, 2.05) is 6.07 Å². The van der Waals surface area contributed by atoms with Gasteiger partial charge in [0.1, 0.15) is 16.9 Å². The van der Waals surface area contributed by atoms with Crippen molar-refractivity contribution in [3.05, 3.63) is 58.4 Å². The minimum Gasteiger partial charge on any atom is -0.497 e. The Labute approximate surface area is 163 Å². The monoisotopic (exact) mass is 393 g/mol. The highest BCUT2D eigenvalue weighted by Crippen LogP contribution is 2.44. The zero-order valence-electron chi connectivity index (χ0n) is 15.2. The van der Waals surface area contributed by atoms with Gasteiger partial charge in [0.15, 0.2) is 0 Å². The van der Waals surface area contributed by atoms with Crippen LogP contribution in [0.25, 0.3) is 40.3 Å². The number of hydrogen-bond acceptors (Lipinski definition) is 4. The maximum atomic E-state index is 5.78. The van der Waals surface area contributed by atoms with Gasteiger partial charge in [0.05, 0.1) is 20.3 Å². The van der Waals surface area contributed by atoms with Gasteiger partial charge in [-0.05, 0) is 24.3 Å². The highest BCUT2D eigenvalue weighted by Gasteiger charge is 2.19. The van der Waals surface area contributed by atoms with Crippen LogP contribution in [0.3, 0.4) is 0 Å². The molecule has 0 aliphatic rings. The predicted molar refractivity (Wildman–Crippen MR) is 118 cm³/mol. The molecular weight excluding hydrogens is 376 g/mol. The van der Waals surface area contributed by atoms with Crippen molar-refractivity contribution >= 4 is 63.0 Å². The van der Waals surface area contributed by atoms with Gasteiger partial charge in [-0.25, -0.2) is 0 Å². The van der Waals surface area contributed by atoms with Crippen molar-refractivity contribution < 1.29 is 9.47 Å². The quantitative estimate of drug-likeness (QED) is 0.210. The van der Waals surface area contributed by atoms with E-state index in [0.29, 0.717) is 0 Å². The normalized spacial score (nSPS) is 12.5. The zero-order chi connectivity index (χ0) is 18.5. The highest BCUT2D eigenvalue weighted by atomic mass is 32.1. The van der Waals surface area contributed by atoms with Crippen LogP contribution < -0.4 is 14.9 Å². The van der Waals surface area contributed by atoms with E-state index in [1.54, 1.807) is 44.0 Å². The molecule has 5 heteroatoms. The topological polar surface area (TPSA) is 29.8 Å².